The van der Waals surface area contributed by atoms with Crippen molar-refractivity contribution in [3.8, 4) is 0 Å². The zero-order valence-electron chi connectivity index (χ0n) is 21.2. The fraction of sp³-hybridized carbons (Fsp3) is 0.133. The summed E-state index contributed by atoms with van der Waals surface area (Å²) in [7, 11) is -3.72. The Balaban J connectivity index is 1.60. The molecule has 0 saturated heterocycles. The number of benzene rings is 4. The van der Waals surface area contributed by atoms with E-state index in [4.69, 9.17) is 0 Å². The smallest absolute Gasteiger partial charge is 0.257 e. The summed E-state index contributed by atoms with van der Waals surface area (Å²) in [6, 6.07) is 31.7. The molecule has 7 nitrogen and oxygen atoms in total. The molecule has 4 rings (SSSR count). The van der Waals surface area contributed by atoms with Gasteiger partial charge in [0.15, 0.2) is 0 Å². The Hall–Kier alpha value is -4.43. The number of sulfonamides is 1. The molecular formula is C30H29N3O4S. The third-order valence-electron chi connectivity index (χ3n) is 6.05. The van der Waals surface area contributed by atoms with Gasteiger partial charge in [-0.2, -0.15) is 0 Å². The van der Waals surface area contributed by atoms with Crippen LogP contribution in [-0.4, -0.2) is 26.5 Å². The normalized spacial score (nSPS) is 11.8. The van der Waals surface area contributed by atoms with Crippen molar-refractivity contribution in [1.82, 2.24) is 5.32 Å². The number of hydrogen-bond donors (Lipinski definition) is 2. The molecule has 0 spiro atoms. The van der Waals surface area contributed by atoms with Crippen molar-refractivity contribution >= 4 is 33.2 Å². The Labute approximate surface area is 223 Å². The summed E-state index contributed by atoms with van der Waals surface area (Å²) in [6.45, 7) is 1.96. The summed E-state index contributed by atoms with van der Waals surface area (Å²) < 4.78 is 26.8. The molecule has 0 aliphatic heterocycles. The van der Waals surface area contributed by atoms with E-state index in [1.165, 1.54) is 4.31 Å². The molecular weight excluding hydrogens is 498 g/mol. The number of nitrogens with one attached hydrogen (secondary N) is 2. The van der Waals surface area contributed by atoms with Gasteiger partial charge in [-0.1, -0.05) is 84.9 Å². The highest BCUT2D eigenvalue weighted by molar-refractivity contribution is 7.92. The third-order valence-corrected chi connectivity index (χ3v) is 7.18. The predicted molar refractivity (Wildman–Crippen MR) is 151 cm³/mol. The molecule has 0 aromatic heterocycles. The number of carbonyl (C=O) groups is 2. The summed E-state index contributed by atoms with van der Waals surface area (Å²) in [5, 5.41) is 5.77. The number of rotatable bonds is 9. The highest BCUT2D eigenvalue weighted by Gasteiger charge is 2.24. The van der Waals surface area contributed by atoms with Gasteiger partial charge in [-0.3, -0.25) is 13.9 Å². The Morgan fingerprint density at radius 2 is 1.29 bits per heavy atom. The molecule has 38 heavy (non-hydrogen) atoms. The average molecular weight is 528 g/mol. The molecule has 0 unspecified atom stereocenters. The van der Waals surface area contributed by atoms with Crippen molar-refractivity contribution in [1.29, 1.82) is 0 Å². The Morgan fingerprint density at radius 3 is 1.95 bits per heavy atom. The second kappa shape index (κ2) is 11.7. The van der Waals surface area contributed by atoms with E-state index < -0.39 is 15.9 Å². The molecule has 4 aromatic carbocycles. The van der Waals surface area contributed by atoms with Gasteiger partial charge in [0.2, 0.25) is 10.0 Å². The zero-order valence-corrected chi connectivity index (χ0v) is 22.0. The van der Waals surface area contributed by atoms with Crippen molar-refractivity contribution in [2.45, 2.75) is 19.5 Å². The molecule has 194 valence electrons. The first-order chi connectivity index (χ1) is 18.2. The van der Waals surface area contributed by atoms with Gasteiger partial charge in [-0.25, -0.2) is 8.42 Å². The molecule has 8 heteroatoms. The summed E-state index contributed by atoms with van der Waals surface area (Å²) in [4.78, 5) is 26.6. The van der Waals surface area contributed by atoms with Gasteiger partial charge in [0.1, 0.15) is 0 Å². The van der Waals surface area contributed by atoms with Crippen molar-refractivity contribution in [3.05, 3.63) is 131 Å². The molecule has 2 amide bonds. The van der Waals surface area contributed by atoms with Gasteiger partial charge >= 0.3 is 0 Å². The third kappa shape index (κ3) is 6.46. The van der Waals surface area contributed by atoms with Gasteiger partial charge in [-0.05, 0) is 42.3 Å². The van der Waals surface area contributed by atoms with E-state index in [2.05, 4.69) is 10.6 Å². The highest BCUT2D eigenvalue weighted by Crippen LogP contribution is 2.27. The minimum Gasteiger partial charge on any atom is -0.345 e. The number of para-hydroxylation sites is 2. The standard InChI is InChI=1S/C30H29N3O4S/c1-22(24-15-7-4-8-16-24)31-29(34)25-17-9-11-19-27(25)32-30(35)26-18-10-12-20-28(26)33(38(2,36)37)21-23-13-5-3-6-14-23/h3-20,22H,21H2,1-2H3,(H,31,34)(H,32,35)/t22-/m0/s1. The summed E-state index contributed by atoms with van der Waals surface area (Å²) >= 11 is 0. The first-order valence-electron chi connectivity index (χ1n) is 12.1. The van der Waals surface area contributed by atoms with Gasteiger partial charge in [0.05, 0.1) is 41.3 Å². The lowest BCUT2D eigenvalue weighted by molar-refractivity contribution is 0.0940. The van der Waals surface area contributed by atoms with E-state index in [1.807, 2.05) is 67.6 Å². The quantitative estimate of drug-likeness (QED) is 0.305. The van der Waals surface area contributed by atoms with Crippen LogP contribution in [0.1, 0.15) is 44.8 Å². The van der Waals surface area contributed by atoms with Crippen LogP contribution >= 0.6 is 0 Å². The lowest BCUT2D eigenvalue weighted by Crippen LogP contribution is -2.31. The Kier molecular flexibility index (Phi) is 8.23. The molecule has 4 aromatic rings. The lowest BCUT2D eigenvalue weighted by atomic mass is 10.1. The van der Waals surface area contributed by atoms with Gasteiger partial charge in [0.25, 0.3) is 11.8 Å². The highest BCUT2D eigenvalue weighted by atomic mass is 32.2. The molecule has 0 aliphatic carbocycles. The first-order valence-corrected chi connectivity index (χ1v) is 14.0. The topological polar surface area (TPSA) is 95.6 Å². The Morgan fingerprint density at radius 1 is 0.737 bits per heavy atom. The molecule has 0 fully saturated rings. The van der Waals surface area contributed by atoms with E-state index in [0.29, 0.717) is 11.3 Å². The number of hydrogen-bond acceptors (Lipinski definition) is 4. The molecule has 1 atom stereocenters. The van der Waals surface area contributed by atoms with E-state index in [0.717, 1.165) is 17.4 Å². The van der Waals surface area contributed by atoms with Crippen LogP contribution in [0.15, 0.2) is 109 Å². The summed E-state index contributed by atoms with van der Waals surface area (Å²) in [6.07, 6.45) is 1.11. The molecule has 0 bridgehead atoms. The SMILES string of the molecule is C[C@H](NC(=O)c1ccccc1NC(=O)c1ccccc1N(Cc1ccccc1)S(C)(=O)=O)c1ccccc1. The summed E-state index contributed by atoms with van der Waals surface area (Å²) in [5.41, 5.74) is 2.76. The molecule has 0 aliphatic rings. The van der Waals surface area contributed by atoms with Crippen molar-refractivity contribution < 1.29 is 18.0 Å². The number of carbonyl (C=O) groups excluding carboxylic acids is 2. The monoisotopic (exact) mass is 527 g/mol. The van der Waals surface area contributed by atoms with E-state index in [1.54, 1.807) is 48.5 Å². The van der Waals surface area contributed by atoms with Crippen LogP contribution < -0.4 is 14.9 Å². The van der Waals surface area contributed by atoms with Crippen LogP contribution in [0.3, 0.4) is 0 Å². The Bertz CT molecular complexity index is 1520. The molecule has 2 N–H and O–H groups in total. The van der Waals surface area contributed by atoms with Crippen LogP contribution in [0.5, 0.6) is 0 Å². The van der Waals surface area contributed by atoms with Gasteiger partial charge < -0.3 is 10.6 Å². The van der Waals surface area contributed by atoms with E-state index in [-0.39, 0.29) is 29.7 Å². The predicted octanol–water partition coefficient (Wildman–Crippen LogP) is 5.40. The van der Waals surface area contributed by atoms with Crippen LogP contribution in [0.4, 0.5) is 11.4 Å². The largest absolute Gasteiger partial charge is 0.345 e. The maximum Gasteiger partial charge on any atom is 0.257 e. The lowest BCUT2D eigenvalue weighted by Gasteiger charge is -2.25. The van der Waals surface area contributed by atoms with Crippen molar-refractivity contribution in [3.63, 3.8) is 0 Å². The number of nitrogens with zero attached hydrogens (tertiary/aromatic N) is 1. The van der Waals surface area contributed by atoms with E-state index >= 15 is 0 Å². The second-order valence-electron chi connectivity index (χ2n) is 8.88. The summed E-state index contributed by atoms with van der Waals surface area (Å²) in [5.74, 6) is -0.869. The first kappa shape index (κ1) is 26.6. The number of amides is 2. The minimum atomic E-state index is -3.72. The fourth-order valence-electron chi connectivity index (χ4n) is 4.09. The number of anilines is 2. The van der Waals surface area contributed by atoms with Crippen LogP contribution in [0.2, 0.25) is 0 Å². The van der Waals surface area contributed by atoms with Crippen LogP contribution in [0.25, 0.3) is 0 Å². The molecule has 0 radical (unpaired) electrons. The average Bonchev–Trinajstić information content (AvgIpc) is 2.92. The minimum absolute atomic E-state index is 0.0698. The maximum absolute atomic E-state index is 13.5. The maximum atomic E-state index is 13.5. The van der Waals surface area contributed by atoms with E-state index in [9.17, 15) is 18.0 Å². The van der Waals surface area contributed by atoms with Crippen molar-refractivity contribution in [2.75, 3.05) is 15.9 Å². The zero-order chi connectivity index (χ0) is 27.1. The van der Waals surface area contributed by atoms with Crippen molar-refractivity contribution in [2.24, 2.45) is 0 Å². The second-order valence-corrected chi connectivity index (χ2v) is 10.8. The van der Waals surface area contributed by atoms with Crippen LogP contribution in [-0.2, 0) is 16.6 Å². The van der Waals surface area contributed by atoms with Gasteiger partial charge in [0, 0.05) is 0 Å². The molecule has 0 heterocycles. The van der Waals surface area contributed by atoms with Crippen LogP contribution in [0, 0.1) is 0 Å². The fourth-order valence-corrected chi connectivity index (χ4v) is 4.99. The molecule has 0 saturated carbocycles. The van der Waals surface area contributed by atoms with Gasteiger partial charge in [-0.15, -0.1) is 0 Å².